The van der Waals surface area contributed by atoms with E-state index >= 15 is 0 Å². The van der Waals surface area contributed by atoms with Crippen LogP contribution in [0.15, 0.2) is 152 Å². The smallest absolute Gasteiger partial charge is 0.0468 e. The summed E-state index contributed by atoms with van der Waals surface area (Å²) in [5.41, 5.74) is 16.8. The van der Waals surface area contributed by atoms with Gasteiger partial charge in [-0.05, 0) is 114 Å². The fourth-order valence-corrected chi connectivity index (χ4v) is 8.90. The third-order valence-corrected chi connectivity index (χ3v) is 12.4. The molecular weight excluding hydrogens is 603 g/mol. The highest BCUT2D eigenvalue weighted by Gasteiger charge is 2.46. The Morgan fingerprint density at radius 2 is 0.940 bits per heavy atom. The van der Waals surface area contributed by atoms with Crippen LogP contribution in [0, 0.1) is 0 Å². The Labute approximate surface area is 296 Å². The van der Waals surface area contributed by atoms with E-state index in [1.807, 2.05) is 0 Å². The summed E-state index contributed by atoms with van der Waals surface area (Å²) < 4.78 is 0. The van der Waals surface area contributed by atoms with Gasteiger partial charge in [0, 0.05) is 22.5 Å². The quantitative estimate of drug-likeness (QED) is 0.184. The first kappa shape index (κ1) is 30.6. The van der Waals surface area contributed by atoms with Crippen molar-refractivity contribution in [2.45, 2.75) is 57.8 Å². The Bertz CT molecular complexity index is 2440. The molecule has 0 N–H and O–H groups in total. The van der Waals surface area contributed by atoms with Crippen LogP contribution in [-0.4, -0.2) is 0 Å². The fraction of sp³-hybridized carbons (Fsp3) is 0.184. The normalized spacial score (nSPS) is 15.9. The molecule has 0 atom stereocenters. The van der Waals surface area contributed by atoms with Crippen LogP contribution < -0.4 is 4.90 Å². The first-order valence-electron chi connectivity index (χ1n) is 17.9. The van der Waals surface area contributed by atoms with Crippen molar-refractivity contribution in [1.29, 1.82) is 0 Å². The molecule has 2 aliphatic carbocycles. The molecule has 2 aliphatic rings. The number of hydrogen-bond donors (Lipinski definition) is 0. The molecule has 0 saturated heterocycles. The van der Waals surface area contributed by atoms with E-state index < -0.39 is 0 Å². The van der Waals surface area contributed by atoms with E-state index in [1.165, 1.54) is 72.1 Å². The average Bonchev–Trinajstić information content (AvgIpc) is 3.38. The Balaban J connectivity index is 1.24. The lowest BCUT2D eigenvalue weighted by atomic mass is 9.55. The topological polar surface area (TPSA) is 3.24 Å². The van der Waals surface area contributed by atoms with Gasteiger partial charge in [0.1, 0.15) is 0 Å². The molecular formula is C49H43N. The van der Waals surface area contributed by atoms with E-state index in [4.69, 9.17) is 0 Å². The zero-order valence-corrected chi connectivity index (χ0v) is 29.9. The predicted molar refractivity (Wildman–Crippen MR) is 213 cm³/mol. The van der Waals surface area contributed by atoms with Crippen LogP contribution in [0.3, 0.4) is 0 Å². The second-order valence-electron chi connectivity index (χ2n) is 15.8. The van der Waals surface area contributed by atoms with Gasteiger partial charge in [0.2, 0.25) is 0 Å². The van der Waals surface area contributed by atoms with Gasteiger partial charge in [-0.25, -0.2) is 0 Å². The third-order valence-electron chi connectivity index (χ3n) is 12.4. The molecule has 0 bridgehead atoms. The molecule has 50 heavy (non-hydrogen) atoms. The van der Waals surface area contributed by atoms with Gasteiger partial charge in [0.25, 0.3) is 0 Å². The molecule has 0 heterocycles. The number of hydrogen-bond acceptors (Lipinski definition) is 1. The Kier molecular flexibility index (Phi) is 6.62. The SMILES string of the molecule is CC1(C)c2ccccc2-c2c1ccc1cc(N(c3ccc(-c4ccccc4)cc3)c3ccc4c(c3)C(C)(C)C(C)(C)c3ccccc3-4)ccc21. The van der Waals surface area contributed by atoms with E-state index in [2.05, 4.69) is 198 Å². The van der Waals surface area contributed by atoms with Crippen LogP contribution in [0.5, 0.6) is 0 Å². The van der Waals surface area contributed by atoms with Gasteiger partial charge in [-0.1, -0.05) is 157 Å². The van der Waals surface area contributed by atoms with Gasteiger partial charge < -0.3 is 4.90 Å². The predicted octanol–water partition coefficient (Wildman–Crippen LogP) is 13.5. The maximum absolute atomic E-state index is 2.46. The first-order valence-corrected chi connectivity index (χ1v) is 17.9. The summed E-state index contributed by atoms with van der Waals surface area (Å²) in [6.45, 7) is 14.4. The molecule has 0 amide bonds. The lowest BCUT2D eigenvalue weighted by molar-refractivity contribution is 0.299. The summed E-state index contributed by atoms with van der Waals surface area (Å²) in [5, 5.41) is 2.57. The second-order valence-corrected chi connectivity index (χ2v) is 15.8. The van der Waals surface area contributed by atoms with Gasteiger partial charge in [0.15, 0.2) is 0 Å². The molecule has 244 valence electrons. The van der Waals surface area contributed by atoms with Gasteiger partial charge in [-0.3, -0.25) is 0 Å². The van der Waals surface area contributed by atoms with Crippen molar-refractivity contribution in [3.8, 4) is 33.4 Å². The van der Waals surface area contributed by atoms with E-state index in [0.29, 0.717) is 0 Å². The molecule has 0 unspecified atom stereocenters. The fourth-order valence-electron chi connectivity index (χ4n) is 8.90. The molecule has 0 aromatic heterocycles. The zero-order chi connectivity index (χ0) is 34.4. The van der Waals surface area contributed by atoms with Crippen LogP contribution in [0.25, 0.3) is 44.2 Å². The minimum atomic E-state index is -0.0837. The molecule has 7 aromatic carbocycles. The summed E-state index contributed by atoms with van der Waals surface area (Å²) in [4.78, 5) is 2.45. The highest BCUT2D eigenvalue weighted by Crippen LogP contribution is 2.55. The largest absolute Gasteiger partial charge is 0.310 e. The van der Waals surface area contributed by atoms with Crippen molar-refractivity contribution in [2.75, 3.05) is 4.90 Å². The minimum Gasteiger partial charge on any atom is -0.310 e. The molecule has 1 nitrogen and oxygen atoms in total. The first-order chi connectivity index (χ1) is 24.1. The summed E-state index contributed by atoms with van der Waals surface area (Å²) in [6, 6.07) is 56.5. The lowest BCUT2D eigenvalue weighted by Crippen LogP contribution is -2.43. The van der Waals surface area contributed by atoms with Gasteiger partial charge >= 0.3 is 0 Å². The van der Waals surface area contributed by atoms with Crippen molar-refractivity contribution in [2.24, 2.45) is 0 Å². The van der Waals surface area contributed by atoms with Crippen LogP contribution in [0.1, 0.15) is 63.8 Å². The van der Waals surface area contributed by atoms with Crippen molar-refractivity contribution < 1.29 is 0 Å². The van der Waals surface area contributed by atoms with Crippen LogP contribution in [-0.2, 0) is 16.2 Å². The minimum absolute atomic E-state index is 0.0202. The molecule has 1 heteroatoms. The van der Waals surface area contributed by atoms with Crippen LogP contribution in [0.2, 0.25) is 0 Å². The van der Waals surface area contributed by atoms with Crippen molar-refractivity contribution in [3.05, 3.63) is 174 Å². The Hall–Kier alpha value is -5.40. The van der Waals surface area contributed by atoms with E-state index in [0.717, 1.165) is 11.4 Å². The number of fused-ring (bicyclic) bond motifs is 8. The van der Waals surface area contributed by atoms with Crippen molar-refractivity contribution in [3.63, 3.8) is 0 Å². The van der Waals surface area contributed by atoms with E-state index in [-0.39, 0.29) is 16.2 Å². The van der Waals surface area contributed by atoms with Crippen LogP contribution in [0.4, 0.5) is 17.1 Å². The third kappa shape index (κ3) is 4.32. The summed E-state index contributed by atoms with van der Waals surface area (Å²) in [5.74, 6) is 0. The van der Waals surface area contributed by atoms with Gasteiger partial charge in [0.05, 0.1) is 0 Å². The average molecular weight is 646 g/mol. The maximum atomic E-state index is 2.46. The number of nitrogens with zero attached hydrogens (tertiary/aromatic N) is 1. The summed E-state index contributed by atoms with van der Waals surface area (Å²) in [6.07, 6.45) is 0. The standard InChI is InChI=1S/C49H43N/c1-47(2)42-18-12-11-17-41(42)46-38-27-25-36(30-34(38)22-29-44(46)47)50(35-23-20-33(21-24-35)32-14-8-7-9-15-32)37-26-28-40-39-16-10-13-19-43(39)48(3,4)49(5,6)45(40)31-37/h7-31H,1-6H3. The molecule has 7 aromatic rings. The Morgan fingerprint density at radius 1 is 0.380 bits per heavy atom. The molecule has 0 radical (unpaired) electrons. The number of rotatable bonds is 4. The number of benzene rings is 7. The highest BCUT2D eigenvalue weighted by atomic mass is 15.1. The molecule has 0 spiro atoms. The second kappa shape index (κ2) is 10.8. The van der Waals surface area contributed by atoms with E-state index in [9.17, 15) is 0 Å². The monoisotopic (exact) mass is 645 g/mol. The maximum Gasteiger partial charge on any atom is 0.0468 e. The van der Waals surface area contributed by atoms with Crippen LogP contribution >= 0.6 is 0 Å². The van der Waals surface area contributed by atoms with Gasteiger partial charge in [-0.2, -0.15) is 0 Å². The van der Waals surface area contributed by atoms with Crippen molar-refractivity contribution in [1.82, 2.24) is 0 Å². The molecule has 0 fully saturated rings. The van der Waals surface area contributed by atoms with Gasteiger partial charge in [-0.15, -0.1) is 0 Å². The zero-order valence-electron chi connectivity index (χ0n) is 29.9. The Morgan fingerprint density at radius 3 is 1.70 bits per heavy atom. The molecule has 0 saturated carbocycles. The lowest BCUT2D eigenvalue weighted by Gasteiger charge is -2.48. The molecule has 9 rings (SSSR count). The summed E-state index contributed by atoms with van der Waals surface area (Å²) in [7, 11) is 0. The molecule has 0 aliphatic heterocycles. The van der Waals surface area contributed by atoms with Crippen molar-refractivity contribution >= 4 is 27.8 Å². The summed E-state index contributed by atoms with van der Waals surface area (Å²) >= 11 is 0. The van der Waals surface area contributed by atoms with E-state index in [1.54, 1.807) is 0 Å². The number of anilines is 3. The highest BCUT2D eigenvalue weighted by molar-refractivity contribution is 6.04.